The van der Waals surface area contributed by atoms with Gasteiger partial charge < -0.3 is 10.2 Å². The first-order valence-electron chi connectivity index (χ1n) is 8.07. The predicted molar refractivity (Wildman–Crippen MR) is 94.7 cm³/mol. The first kappa shape index (κ1) is 17.1. The van der Waals surface area contributed by atoms with Crippen LogP contribution in [0.1, 0.15) is 17.7 Å². The van der Waals surface area contributed by atoms with Crippen molar-refractivity contribution in [2.75, 3.05) is 37.4 Å². The number of likely N-dealkylation sites (tertiary alicyclic amines) is 1. The highest BCUT2D eigenvalue weighted by Crippen LogP contribution is 2.24. The van der Waals surface area contributed by atoms with Crippen molar-refractivity contribution < 1.29 is 8.78 Å². The third kappa shape index (κ3) is 4.21. The minimum atomic E-state index is -0.812. The Bertz CT molecular complexity index is 689. The summed E-state index contributed by atoms with van der Waals surface area (Å²) in [6.07, 6.45) is 4.05. The van der Waals surface area contributed by atoms with Gasteiger partial charge in [0, 0.05) is 56.1 Å². The van der Waals surface area contributed by atoms with Crippen LogP contribution >= 0.6 is 11.3 Å². The Morgan fingerprint density at radius 2 is 2.17 bits per heavy atom. The molecule has 7 heteroatoms. The van der Waals surface area contributed by atoms with E-state index in [0.717, 1.165) is 37.6 Å². The van der Waals surface area contributed by atoms with E-state index in [9.17, 15) is 8.78 Å². The number of hydrogen-bond donors (Lipinski definition) is 1. The Hall–Kier alpha value is -1.73. The van der Waals surface area contributed by atoms with Crippen molar-refractivity contribution in [3.05, 3.63) is 40.9 Å². The standard InChI is InChI=1S/C17H22F2N4S/c1-22(2)17-20-9-14(24-17)11-23-7-3-4-13(10-23)21-12-5-6-15(18)16(19)8-12/h5-6,8-9,13,21H,3-4,7,10-11H2,1-2H3/t13-/m1/s1. The third-order valence-corrected chi connectivity index (χ3v) is 5.25. The molecule has 0 bridgehead atoms. The summed E-state index contributed by atoms with van der Waals surface area (Å²) in [5.74, 6) is -1.62. The van der Waals surface area contributed by atoms with E-state index in [1.165, 1.54) is 17.0 Å². The maximum Gasteiger partial charge on any atom is 0.185 e. The Balaban J connectivity index is 1.58. The first-order chi connectivity index (χ1) is 11.5. The molecule has 0 unspecified atom stereocenters. The fourth-order valence-electron chi connectivity index (χ4n) is 2.94. The zero-order chi connectivity index (χ0) is 17.1. The molecular weight excluding hydrogens is 330 g/mol. The van der Waals surface area contributed by atoms with E-state index >= 15 is 0 Å². The molecule has 1 aliphatic rings. The number of thiazole rings is 1. The molecule has 4 nitrogen and oxygen atoms in total. The van der Waals surface area contributed by atoms with Gasteiger partial charge in [-0.25, -0.2) is 13.8 Å². The molecule has 1 N–H and O–H groups in total. The molecule has 1 aliphatic heterocycles. The summed E-state index contributed by atoms with van der Waals surface area (Å²) in [4.78, 5) is 10.0. The van der Waals surface area contributed by atoms with Gasteiger partial charge in [0.2, 0.25) is 0 Å². The summed E-state index contributed by atoms with van der Waals surface area (Å²) in [7, 11) is 3.98. The van der Waals surface area contributed by atoms with Crippen LogP contribution in [0.4, 0.5) is 19.6 Å². The van der Waals surface area contributed by atoms with Crippen molar-refractivity contribution in [1.82, 2.24) is 9.88 Å². The van der Waals surface area contributed by atoms with Crippen molar-refractivity contribution in [3.8, 4) is 0 Å². The van der Waals surface area contributed by atoms with Crippen molar-refractivity contribution >= 4 is 22.2 Å². The molecule has 3 rings (SSSR count). The fourth-order valence-corrected chi connectivity index (χ4v) is 3.81. The van der Waals surface area contributed by atoms with Crippen LogP contribution in [0.3, 0.4) is 0 Å². The van der Waals surface area contributed by atoms with E-state index < -0.39 is 11.6 Å². The van der Waals surface area contributed by atoms with Gasteiger partial charge in [0.05, 0.1) is 0 Å². The molecule has 0 radical (unpaired) electrons. The highest BCUT2D eigenvalue weighted by Gasteiger charge is 2.21. The maximum atomic E-state index is 13.3. The Kier molecular flexibility index (Phi) is 5.30. The second-order valence-electron chi connectivity index (χ2n) is 6.35. The number of piperidine rings is 1. The summed E-state index contributed by atoms with van der Waals surface area (Å²) in [6, 6.07) is 4.22. The van der Waals surface area contributed by atoms with Crippen molar-refractivity contribution in [2.24, 2.45) is 0 Å². The van der Waals surface area contributed by atoms with E-state index in [1.807, 2.05) is 25.2 Å². The average Bonchev–Trinajstić information content (AvgIpc) is 3.00. The second kappa shape index (κ2) is 7.44. The minimum absolute atomic E-state index is 0.241. The van der Waals surface area contributed by atoms with Gasteiger partial charge in [-0.1, -0.05) is 0 Å². The first-order valence-corrected chi connectivity index (χ1v) is 8.89. The van der Waals surface area contributed by atoms with Gasteiger partial charge in [0.25, 0.3) is 0 Å². The number of anilines is 2. The number of rotatable bonds is 5. The normalized spacial score (nSPS) is 18.6. The third-order valence-electron chi connectivity index (χ3n) is 4.10. The fraction of sp³-hybridized carbons (Fsp3) is 0.471. The van der Waals surface area contributed by atoms with Crippen molar-refractivity contribution in [2.45, 2.75) is 25.4 Å². The van der Waals surface area contributed by atoms with Gasteiger partial charge in [-0.05, 0) is 31.5 Å². The molecule has 24 heavy (non-hydrogen) atoms. The quantitative estimate of drug-likeness (QED) is 0.891. The number of benzene rings is 1. The molecule has 0 aliphatic carbocycles. The lowest BCUT2D eigenvalue weighted by molar-refractivity contribution is 0.210. The predicted octanol–water partition coefficient (Wildman–Crippen LogP) is 3.56. The molecule has 0 saturated carbocycles. The second-order valence-corrected chi connectivity index (χ2v) is 7.44. The summed E-state index contributed by atoms with van der Waals surface area (Å²) in [5, 5.41) is 4.33. The molecule has 1 atom stereocenters. The molecule has 2 heterocycles. The Labute approximate surface area is 145 Å². The Morgan fingerprint density at radius 1 is 1.33 bits per heavy atom. The molecule has 1 aromatic heterocycles. The maximum absolute atomic E-state index is 13.3. The van der Waals surface area contributed by atoms with Crippen LogP contribution in [-0.4, -0.2) is 43.1 Å². The van der Waals surface area contributed by atoms with E-state index in [4.69, 9.17) is 0 Å². The zero-order valence-electron chi connectivity index (χ0n) is 13.9. The van der Waals surface area contributed by atoms with Gasteiger partial charge >= 0.3 is 0 Å². The van der Waals surface area contributed by atoms with Gasteiger partial charge in [0.15, 0.2) is 16.8 Å². The number of nitrogens with zero attached hydrogens (tertiary/aromatic N) is 3. The summed E-state index contributed by atoms with van der Waals surface area (Å²) in [6.45, 7) is 2.81. The van der Waals surface area contributed by atoms with Crippen LogP contribution in [0, 0.1) is 11.6 Å². The van der Waals surface area contributed by atoms with E-state index in [0.29, 0.717) is 5.69 Å². The summed E-state index contributed by atoms with van der Waals surface area (Å²) < 4.78 is 26.4. The molecule has 1 saturated heterocycles. The Morgan fingerprint density at radius 3 is 2.88 bits per heavy atom. The minimum Gasteiger partial charge on any atom is -0.381 e. The lowest BCUT2D eigenvalue weighted by atomic mass is 10.1. The highest BCUT2D eigenvalue weighted by atomic mass is 32.1. The van der Waals surface area contributed by atoms with Crippen LogP contribution in [-0.2, 0) is 6.54 Å². The average molecular weight is 352 g/mol. The van der Waals surface area contributed by atoms with Crippen LogP contribution in [0.5, 0.6) is 0 Å². The summed E-state index contributed by atoms with van der Waals surface area (Å²) >= 11 is 1.70. The zero-order valence-corrected chi connectivity index (χ0v) is 14.7. The number of aromatic nitrogens is 1. The number of halogens is 2. The molecule has 0 amide bonds. The van der Waals surface area contributed by atoms with Crippen LogP contribution in [0.15, 0.2) is 24.4 Å². The van der Waals surface area contributed by atoms with E-state index in [1.54, 1.807) is 17.4 Å². The van der Waals surface area contributed by atoms with Gasteiger partial charge in [-0.15, -0.1) is 11.3 Å². The largest absolute Gasteiger partial charge is 0.381 e. The van der Waals surface area contributed by atoms with Crippen molar-refractivity contribution in [3.63, 3.8) is 0 Å². The molecular formula is C17H22F2N4S. The molecule has 0 spiro atoms. The van der Waals surface area contributed by atoms with E-state index in [-0.39, 0.29) is 6.04 Å². The molecule has 2 aromatic rings. The van der Waals surface area contributed by atoms with Crippen LogP contribution in [0.25, 0.3) is 0 Å². The van der Waals surface area contributed by atoms with Gasteiger partial charge in [-0.2, -0.15) is 0 Å². The SMILES string of the molecule is CN(C)c1ncc(CN2CCC[C@@H](Nc3ccc(F)c(F)c3)C2)s1. The lowest BCUT2D eigenvalue weighted by Crippen LogP contribution is -2.41. The van der Waals surface area contributed by atoms with Crippen LogP contribution < -0.4 is 10.2 Å². The number of nitrogens with one attached hydrogen (secondary N) is 1. The number of hydrogen-bond acceptors (Lipinski definition) is 5. The molecule has 1 aromatic carbocycles. The van der Waals surface area contributed by atoms with Crippen molar-refractivity contribution in [1.29, 1.82) is 0 Å². The smallest absolute Gasteiger partial charge is 0.185 e. The molecule has 1 fully saturated rings. The van der Waals surface area contributed by atoms with Crippen LogP contribution in [0.2, 0.25) is 0 Å². The monoisotopic (exact) mass is 352 g/mol. The van der Waals surface area contributed by atoms with Gasteiger partial charge in [-0.3, -0.25) is 4.90 Å². The highest BCUT2D eigenvalue weighted by molar-refractivity contribution is 7.15. The topological polar surface area (TPSA) is 31.4 Å². The summed E-state index contributed by atoms with van der Waals surface area (Å²) in [5.41, 5.74) is 0.633. The molecule has 130 valence electrons. The van der Waals surface area contributed by atoms with E-state index in [2.05, 4.69) is 15.2 Å². The van der Waals surface area contributed by atoms with Gasteiger partial charge in [0.1, 0.15) is 0 Å². The lowest BCUT2D eigenvalue weighted by Gasteiger charge is -2.33.